The molecule has 1 aromatic rings. The number of hydrogen-bond acceptors (Lipinski definition) is 10. The topological polar surface area (TPSA) is 135 Å². The van der Waals surface area contributed by atoms with Crippen molar-refractivity contribution in [2.45, 2.75) is 26.7 Å². The number of nitrogens with one attached hydrogen (secondary N) is 1. The van der Waals surface area contributed by atoms with E-state index in [1.54, 1.807) is 39.0 Å². The highest BCUT2D eigenvalue weighted by molar-refractivity contribution is 6.00. The lowest BCUT2D eigenvalue weighted by atomic mass is 9.80. The molecule has 0 unspecified atom stereocenters. The van der Waals surface area contributed by atoms with Gasteiger partial charge in [-0.25, -0.2) is 9.59 Å². The van der Waals surface area contributed by atoms with Crippen molar-refractivity contribution < 1.29 is 38.5 Å². The molecule has 1 aromatic carbocycles. The summed E-state index contributed by atoms with van der Waals surface area (Å²) in [7, 11) is 2.48. The molecule has 0 fully saturated rings. The summed E-state index contributed by atoms with van der Waals surface area (Å²) in [5.41, 5.74) is 1.81. The molecule has 1 aliphatic rings. The average Bonchev–Trinajstić information content (AvgIpc) is 2.76. The van der Waals surface area contributed by atoms with Gasteiger partial charge in [0.2, 0.25) is 0 Å². The number of methoxy groups -OCH3 is 2. The lowest BCUT2D eigenvalue weighted by molar-refractivity contribution is -0.757. The van der Waals surface area contributed by atoms with Gasteiger partial charge in [-0.3, -0.25) is 0 Å². The number of allylic oxidation sites excluding steroid dienone is 2. The number of rotatable bonds is 10. The third-order valence-electron chi connectivity index (χ3n) is 4.72. The van der Waals surface area contributed by atoms with E-state index in [2.05, 4.69) is 10.2 Å². The molecule has 0 amide bonds. The van der Waals surface area contributed by atoms with Crippen LogP contribution in [0.15, 0.2) is 40.7 Å². The number of dihydropyridines is 1. The van der Waals surface area contributed by atoms with E-state index in [-0.39, 0.29) is 30.1 Å². The van der Waals surface area contributed by atoms with Crippen molar-refractivity contribution in [2.75, 3.05) is 34.0 Å². The van der Waals surface area contributed by atoms with Gasteiger partial charge in [0.15, 0.2) is 11.5 Å². The van der Waals surface area contributed by atoms with Gasteiger partial charge in [-0.1, -0.05) is 12.1 Å². The van der Waals surface area contributed by atoms with Gasteiger partial charge in [0.25, 0.3) is 5.09 Å². The molecule has 32 heavy (non-hydrogen) atoms. The van der Waals surface area contributed by atoms with E-state index in [4.69, 9.17) is 18.9 Å². The van der Waals surface area contributed by atoms with Crippen LogP contribution in [-0.2, 0) is 23.9 Å². The van der Waals surface area contributed by atoms with Crippen molar-refractivity contribution in [3.8, 4) is 11.5 Å². The number of esters is 2. The van der Waals surface area contributed by atoms with E-state index in [1.807, 2.05) is 0 Å². The minimum Gasteiger partial charge on any atom is -0.490 e. The molecule has 0 aliphatic carbocycles. The van der Waals surface area contributed by atoms with E-state index in [1.165, 1.54) is 14.2 Å². The van der Waals surface area contributed by atoms with Crippen LogP contribution in [0.25, 0.3) is 0 Å². The summed E-state index contributed by atoms with van der Waals surface area (Å²) >= 11 is 0. The molecule has 0 saturated carbocycles. The molecule has 2 rings (SSSR count). The monoisotopic (exact) mass is 450 g/mol. The Hall–Kier alpha value is -3.76. The van der Waals surface area contributed by atoms with Crippen LogP contribution in [0.4, 0.5) is 0 Å². The number of nitrogens with zero attached hydrogens (tertiary/aromatic N) is 1. The summed E-state index contributed by atoms with van der Waals surface area (Å²) in [6, 6.07) is 5.02. The molecule has 11 heteroatoms. The van der Waals surface area contributed by atoms with Crippen LogP contribution >= 0.6 is 0 Å². The number of para-hydroxylation sites is 1. The predicted molar refractivity (Wildman–Crippen MR) is 111 cm³/mol. The van der Waals surface area contributed by atoms with Gasteiger partial charge in [0.05, 0.1) is 37.9 Å². The molecular weight excluding hydrogens is 424 g/mol. The normalized spacial score (nSPS) is 13.9. The van der Waals surface area contributed by atoms with E-state index in [0.717, 1.165) is 0 Å². The molecular formula is C21H26N2O9. The Balaban J connectivity index is 2.68. The Kier molecular flexibility index (Phi) is 8.45. The van der Waals surface area contributed by atoms with Crippen molar-refractivity contribution in [2.24, 2.45) is 0 Å². The fourth-order valence-electron chi connectivity index (χ4n) is 3.51. The highest BCUT2D eigenvalue weighted by Crippen LogP contribution is 2.45. The smallest absolute Gasteiger partial charge is 0.336 e. The fraction of sp³-hybridized carbons (Fsp3) is 0.429. The molecule has 0 saturated heterocycles. The molecule has 1 aliphatic heterocycles. The number of benzene rings is 1. The maximum atomic E-state index is 12.7. The highest BCUT2D eigenvalue weighted by Gasteiger charge is 2.39. The minimum atomic E-state index is -0.922. The fourth-order valence-corrected chi connectivity index (χ4v) is 3.51. The Morgan fingerprint density at radius 3 is 2.12 bits per heavy atom. The Morgan fingerprint density at radius 1 is 1.03 bits per heavy atom. The molecule has 0 atom stereocenters. The lowest BCUT2D eigenvalue weighted by Crippen LogP contribution is -2.32. The average molecular weight is 450 g/mol. The SMILES string of the molecule is CCOc1cccc(C2C(C(=O)OC)=C(C)NC(C)=C2C(=O)OC)c1OCCO[N+](=O)[O-]. The van der Waals surface area contributed by atoms with Gasteiger partial charge in [0, 0.05) is 17.0 Å². The summed E-state index contributed by atoms with van der Waals surface area (Å²) in [6.07, 6.45) is 0. The third-order valence-corrected chi connectivity index (χ3v) is 4.72. The quantitative estimate of drug-likeness (QED) is 0.245. The van der Waals surface area contributed by atoms with Crippen molar-refractivity contribution >= 4 is 11.9 Å². The molecule has 1 N–H and O–H groups in total. The first kappa shape index (κ1) is 24.5. The molecule has 0 spiro atoms. The maximum Gasteiger partial charge on any atom is 0.336 e. The minimum absolute atomic E-state index is 0.171. The second-order valence-electron chi connectivity index (χ2n) is 6.63. The number of ether oxygens (including phenoxy) is 4. The first-order chi connectivity index (χ1) is 15.3. The second kappa shape index (κ2) is 11.0. The van der Waals surface area contributed by atoms with Gasteiger partial charge in [-0.2, -0.15) is 0 Å². The molecule has 1 heterocycles. The maximum absolute atomic E-state index is 12.7. The van der Waals surface area contributed by atoms with Gasteiger partial charge < -0.3 is 29.1 Å². The van der Waals surface area contributed by atoms with Crippen LogP contribution in [0.5, 0.6) is 11.5 Å². The highest BCUT2D eigenvalue weighted by atomic mass is 17.0. The zero-order valence-electron chi connectivity index (χ0n) is 18.6. The third kappa shape index (κ3) is 5.29. The predicted octanol–water partition coefficient (Wildman–Crippen LogP) is 2.25. The molecule has 0 radical (unpaired) electrons. The molecule has 0 aromatic heterocycles. The van der Waals surface area contributed by atoms with E-state index < -0.39 is 22.9 Å². The summed E-state index contributed by atoms with van der Waals surface area (Å²) in [5, 5.41) is 12.6. The van der Waals surface area contributed by atoms with Crippen LogP contribution in [0.1, 0.15) is 32.3 Å². The van der Waals surface area contributed by atoms with Gasteiger partial charge >= 0.3 is 11.9 Å². The summed E-state index contributed by atoms with van der Waals surface area (Å²) in [4.78, 5) is 40.2. The van der Waals surface area contributed by atoms with Crippen LogP contribution in [0, 0.1) is 10.1 Å². The summed E-state index contributed by atoms with van der Waals surface area (Å²) in [6.45, 7) is 4.98. The van der Waals surface area contributed by atoms with Gasteiger partial charge in [-0.05, 0) is 26.8 Å². The molecule has 174 valence electrons. The number of carbonyl (C=O) groups is 2. The number of carbonyl (C=O) groups excluding carboxylic acids is 2. The molecule has 11 nitrogen and oxygen atoms in total. The standard InChI is InChI=1S/C21H26N2O9/c1-6-30-15-9-7-8-14(19(15)31-10-11-32-23(26)27)18-16(20(24)28-4)12(2)22-13(3)17(18)21(25)29-5/h7-9,18,22H,6,10-11H2,1-5H3. The van der Waals surface area contributed by atoms with Crippen LogP contribution in [0.2, 0.25) is 0 Å². The van der Waals surface area contributed by atoms with Crippen molar-refractivity contribution in [3.05, 3.63) is 56.4 Å². The Morgan fingerprint density at radius 2 is 1.62 bits per heavy atom. The van der Waals surface area contributed by atoms with Crippen molar-refractivity contribution in [1.29, 1.82) is 0 Å². The van der Waals surface area contributed by atoms with Crippen molar-refractivity contribution in [3.63, 3.8) is 0 Å². The summed E-state index contributed by atoms with van der Waals surface area (Å²) < 4.78 is 21.4. The zero-order valence-corrected chi connectivity index (χ0v) is 18.6. The van der Waals surface area contributed by atoms with E-state index >= 15 is 0 Å². The van der Waals surface area contributed by atoms with Crippen LogP contribution < -0.4 is 14.8 Å². The van der Waals surface area contributed by atoms with Gasteiger partial charge in [-0.15, -0.1) is 10.1 Å². The lowest BCUT2D eigenvalue weighted by Gasteiger charge is -2.31. The van der Waals surface area contributed by atoms with Gasteiger partial charge in [0.1, 0.15) is 13.2 Å². The van der Waals surface area contributed by atoms with Crippen LogP contribution in [-0.4, -0.2) is 51.1 Å². The second-order valence-corrected chi connectivity index (χ2v) is 6.63. The first-order valence-electron chi connectivity index (χ1n) is 9.77. The van der Waals surface area contributed by atoms with Crippen molar-refractivity contribution in [1.82, 2.24) is 5.32 Å². The largest absolute Gasteiger partial charge is 0.490 e. The van der Waals surface area contributed by atoms with E-state index in [9.17, 15) is 19.7 Å². The number of hydrogen-bond donors (Lipinski definition) is 1. The first-order valence-corrected chi connectivity index (χ1v) is 9.77. The van der Waals surface area contributed by atoms with Crippen LogP contribution in [0.3, 0.4) is 0 Å². The van der Waals surface area contributed by atoms with E-state index in [0.29, 0.717) is 29.3 Å². The zero-order chi connectivity index (χ0) is 23.8. The Labute approximate surface area is 185 Å². The Bertz CT molecular complexity index is 915. The summed E-state index contributed by atoms with van der Waals surface area (Å²) in [5.74, 6) is -1.62. The molecule has 0 bridgehead atoms.